The zero-order chi connectivity index (χ0) is 27.5. The first-order valence-electron chi connectivity index (χ1n) is 13.4. The Morgan fingerprint density at radius 1 is 1.13 bits per heavy atom. The molecule has 7 nitrogen and oxygen atoms in total. The third kappa shape index (κ3) is 6.51. The normalized spacial score (nSPS) is 19.3. The van der Waals surface area contributed by atoms with E-state index in [0.29, 0.717) is 37.5 Å². The maximum Gasteiger partial charge on any atom is 0.227 e. The topological polar surface area (TPSA) is 78.4 Å². The summed E-state index contributed by atoms with van der Waals surface area (Å²) in [6.45, 7) is 5.60. The van der Waals surface area contributed by atoms with Crippen LogP contribution in [-0.2, 0) is 28.9 Å². The molecule has 2 amide bonds. The number of carbonyl (C=O) groups is 2. The van der Waals surface area contributed by atoms with Crippen molar-refractivity contribution in [2.24, 2.45) is 0 Å². The third-order valence-corrected chi connectivity index (χ3v) is 8.12. The molecule has 1 saturated heterocycles. The molecule has 0 radical (unpaired) electrons. The van der Waals surface area contributed by atoms with Crippen molar-refractivity contribution in [3.8, 4) is 0 Å². The first-order valence-corrected chi connectivity index (χ1v) is 14.6. The molecule has 1 N–H and O–H groups in total. The van der Waals surface area contributed by atoms with E-state index in [1.807, 2.05) is 43.1 Å². The summed E-state index contributed by atoms with van der Waals surface area (Å²) in [5.41, 5.74) is 5.43. The zero-order valence-electron chi connectivity index (χ0n) is 22.2. The van der Waals surface area contributed by atoms with E-state index < -0.39 is 0 Å². The van der Waals surface area contributed by atoms with Gasteiger partial charge in [0.15, 0.2) is 0 Å². The van der Waals surface area contributed by atoms with Gasteiger partial charge < -0.3 is 10.2 Å². The van der Waals surface area contributed by atoms with Crippen molar-refractivity contribution in [3.05, 3.63) is 92.4 Å². The summed E-state index contributed by atoms with van der Waals surface area (Å²) in [6.07, 6.45) is 7.59. The van der Waals surface area contributed by atoms with Gasteiger partial charge in [0.05, 0.1) is 18.2 Å². The van der Waals surface area contributed by atoms with Crippen molar-refractivity contribution < 1.29 is 9.59 Å². The Labute approximate surface area is 243 Å². The van der Waals surface area contributed by atoms with Gasteiger partial charge in [0.25, 0.3) is 0 Å². The lowest BCUT2D eigenvalue weighted by Crippen LogP contribution is -2.57. The van der Waals surface area contributed by atoms with Crippen LogP contribution in [0, 0.1) is 0 Å². The molecule has 2 atom stereocenters. The minimum Gasteiger partial charge on any atom is -0.354 e. The summed E-state index contributed by atoms with van der Waals surface area (Å²) in [5.74, 6) is 0.0305. The largest absolute Gasteiger partial charge is 0.354 e. The molecule has 0 bridgehead atoms. The number of aromatic nitrogens is 2. The Bertz CT molecular complexity index is 1300. The molecule has 3 heterocycles. The van der Waals surface area contributed by atoms with Gasteiger partial charge in [-0.2, -0.15) is 0 Å². The van der Waals surface area contributed by atoms with Gasteiger partial charge in [0.2, 0.25) is 11.8 Å². The molecule has 204 valence electrons. The summed E-state index contributed by atoms with van der Waals surface area (Å²) < 4.78 is 0.947. The molecule has 1 aliphatic heterocycles. The Morgan fingerprint density at radius 3 is 2.72 bits per heavy atom. The van der Waals surface area contributed by atoms with Crippen LogP contribution < -0.4 is 5.32 Å². The van der Waals surface area contributed by atoms with E-state index in [0.717, 1.165) is 34.1 Å². The maximum absolute atomic E-state index is 13.3. The number of benzene rings is 1. The molecule has 5 rings (SSSR count). The van der Waals surface area contributed by atoms with Crippen LogP contribution >= 0.6 is 27.5 Å². The van der Waals surface area contributed by atoms with Crippen molar-refractivity contribution in [3.63, 3.8) is 0 Å². The summed E-state index contributed by atoms with van der Waals surface area (Å²) >= 11 is 10.0. The molecule has 1 fully saturated rings. The second kappa shape index (κ2) is 12.1. The second-order valence-corrected chi connectivity index (χ2v) is 12.0. The summed E-state index contributed by atoms with van der Waals surface area (Å²) in [5, 5.41) is 3.76. The fourth-order valence-electron chi connectivity index (χ4n) is 5.75. The van der Waals surface area contributed by atoms with Crippen molar-refractivity contribution in [1.29, 1.82) is 0 Å². The highest BCUT2D eigenvalue weighted by atomic mass is 79.9. The van der Waals surface area contributed by atoms with E-state index in [-0.39, 0.29) is 29.9 Å². The minimum absolute atomic E-state index is 0.0181. The number of nitrogens with zero attached hydrogens (tertiary/aromatic N) is 4. The number of aryl methyl sites for hydroxylation is 2. The molecule has 39 heavy (non-hydrogen) atoms. The van der Waals surface area contributed by atoms with Crippen LogP contribution in [0.1, 0.15) is 54.3 Å². The quantitative estimate of drug-likeness (QED) is 0.436. The number of fused-ring (bicyclic) bond motifs is 2. The molecule has 1 aliphatic carbocycles. The van der Waals surface area contributed by atoms with Gasteiger partial charge >= 0.3 is 0 Å². The number of piperazine rings is 1. The zero-order valence-corrected chi connectivity index (χ0v) is 24.6. The van der Waals surface area contributed by atoms with Crippen LogP contribution in [0.2, 0.25) is 5.02 Å². The van der Waals surface area contributed by atoms with Crippen LogP contribution in [-0.4, -0.2) is 63.3 Å². The molecule has 1 aromatic carbocycles. The smallest absolute Gasteiger partial charge is 0.227 e. The highest BCUT2D eigenvalue weighted by molar-refractivity contribution is 9.10. The lowest BCUT2D eigenvalue weighted by Gasteiger charge is -2.45. The van der Waals surface area contributed by atoms with Crippen LogP contribution in [0.25, 0.3) is 0 Å². The van der Waals surface area contributed by atoms with Crippen LogP contribution in [0.15, 0.2) is 59.5 Å². The van der Waals surface area contributed by atoms with Gasteiger partial charge in [0, 0.05) is 66.2 Å². The van der Waals surface area contributed by atoms with Crippen molar-refractivity contribution >= 4 is 39.3 Å². The Morgan fingerprint density at radius 2 is 1.95 bits per heavy atom. The van der Waals surface area contributed by atoms with Crippen LogP contribution in [0.4, 0.5) is 0 Å². The number of carbonyl (C=O) groups excluding carboxylic acids is 2. The SMILES string of the molecule is CC(C)NC(=O)CC1CN(C(=O)Cc2cccnc2)CCN1C1c2ccc(Cl)cc2CCc2cc(Br)cnc21. The molecule has 0 spiro atoms. The standard InChI is InChI=1S/C30H33BrClN5O2/c1-19(2)35-27(38)15-25-18-36(28(39)12-20-4-3-9-33-16-20)10-11-37(25)30-26-8-7-24(32)14-21(26)5-6-22-13-23(31)17-34-29(22)30/h3-4,7-9,13-14,16-17,19,25,30H,5-6,10-12,15,18H2,1-2H3,(H,35,38). The van der Waals surface area contributed by atoms with Crippen LogP contribution in [0.5, 0.6) is 0 Å². The fourth-order valence-corrected chi connectivity index (χ4v) is 6.32. The summed E-state index contributed by atoms with van der Waals surface area (Å²) in [4.78, 5) is 39.8. The monoisotopic (exact) mass is 609 g/mol. The average molecular weight is 611 g/mol. The van der Waals surface area contributed by atoms with Crippen molar-refractivity contribution in [2.45, 2.75) is 57.7 Å². The van der Waals surface area contributed by atoms with E-state index in [2.05, 4.69) is 49.3 Å². The van der Waals surface area contributed by atoms with E-state index in [9.17, 15) is 9.59 Å². The minimum atomic E-state index is -0.180. The number of pyridine rings is 2. The van der Waals surface area contributed by atoms with Gasteiger partial charge in [-0.05, 0) is 89.1 Å². The Kier molecular flexibility index (Phi) is 8.64. The van der Waals surface area contributed by atoms with Crippen LogP contribution in [0.3, 0.4) is 0 Å². The molecule has 3 aromatic rings. The molecule has 9 heteroatoms. The fraction of sp³-hybridized carbons (Fsp3) is 0.400. The second-order valence-electron chi connectivity index (χ2n) is 10.6. The first-order chi connectivity index (χ1) is 18.8. The molecular formula is C30H33BrClN5O2. The summed E-state index contributed by atoms with van der Waals surface area (Å²) in [6, 6.07) is 11.7. The lowest BCUT2D eigenvalue weighted by atomic mass is 9.93. The Hall–Kier alpha value is -2.81. The molecule has 2 aromatic heterocycles. The molecule has 2 unspecified atom stereocenters. The molecule has 0 saturated carbocycles. The predicted octanol–water partition coefficient (Wildman–Crippen LogP) is 4.75. The van der Waals surface area contributed by atoms with Gasteiger partial charge in [0.1, 0.15) is 0 Å². The highest BCUT2D eigenvalue weighted by Gasteiger charge is 2.39. The van der Waals surface area contributed by atoms with E-state index in [4.69, 9.17) is 16.6 Å². The highest BCUT2D eigenvalue weighted by Crippen LogP contribution is 2.39. The van der Waals surface area contributed by atoms with Gasteiger partial charge in [-0.15, -0.1) is 0 Å². The number of amides is 2. The first kappa shape index (κ1) is 27.7. The number of hydrogen-bond donors (Lipinski definition) is 1. The number of hydrogen-bond acceptors (Lipinski definition) is 5. The lowest BCUT2D eigenvalue weighted by molar-refractivity contribution is -0.135. The van der Waals surface area contributed by atoms with E-state index in [1.54, 1.807) is 12.4 Å². The van der Waals surface area contributed by atoms with Gasteiger partial charge in [-0.1, -0.05) is 23.7 Å². The van der Waals surface area contributed by atoms with Gasteiger partial charge in [-0.25, -0.2) is 0 Å². The van der Waals surface area contributed by atoms with Crippen molar-refractivity contribution in [1.82, 2.24) is 25.1 Å². The third-order valence-electron chi connectivity index (χ3n) is 7.45. The Balaban J connectivity index is 1.50. The number of rotatable bonds is 6. The number of halogens is 2. The average Bonchev–Trinajstić information content (AvgIpc) is 3.05. The predicted molar refractivity (Wildman–Crippen MR) is 156 cm³/mol. The molecular weight excluding hydrogens is 578 g/mol. The summed E-state index contributed by atoms with van der Waals surface area (Å²) in [7, 11) is 0. The van der Waals surface area contributed by atoms with Gasteiger partial charge in [-0.3, -0.25) is 24.5 Å². The van der Waals surface area contributed by atoms with E-state index >= 15 is 0 Å². The van der Waals surface area contributed by atoms with Crippen molar-refractivity contribution in [2.75, 3.05) is 19.6 Å². The van der Waals surface area contributed by atoms with E-state index in [1.165, 1.54) is 11.1 Å². The number of nitrogens with one attached hydrogen (secondary N) is 1. The maximum atomic E-state index is 13.3. The molecule has 2 aliphatic rings.